The standard InChI is InChI=1S/C52H37N5/c1-33(2)36-16-11-17-37(26-36)42-29-43(31-44(30-42)52-56-50(34-12-5-3-6-13-34)55-51(57-52)35-14-7-4-8-15-35)40-21-20-39-28-41(23-22-38(39)27-40)49-47-32-53-25-24-45(47)46-18-9-10-19-48(46)54-49/h3-33H,1-2H3. The van der Waals surface area contributed by atoms with E-state index in [2.05, 4.69) is 122 Å². The van der Waals surface area contributed by atoms with Gasteiger partial charge in [-0.15, -0.1) is 0 Å². The van der Waals surface area contributed by atoms with Crippen molar-refractivity contribution in [2.24, 2.45) is 0 Å². The Morgan fingerprint density at radius 3 is 1.61 bits per heavy atom. The molecule has 0 unspecified atom stereocenters. The zero-order valence-corrected chi connectivity index (χ0v) is 31.6. The van der Waals surface area contributed by atoms with E-state index in [1.807, 2.05) is 79.1 Å². The Labute approximate surface area is 331 Å². The van der Waals surface area contributed by atoms with Crippen LogP contribution in [-0.2, 0) is 0 Å². The topological polar surface area (TPSA) is 64.5 Å². The number of aromatic nitrogens is 5. The molecule has 0 aliphatic carbocycles. The monoisotopic (exact) mass is 731 g/mol. The molecule has 0 aliphatic rings. The fraction of sp³-hybridized carbons (Fsp3) is 0.0577. The van der Waals surface area contributed by atoms with Gasteiger partial charge in [0.05, 0.1) is 11.2 Å². The maximum absolute atomic E-state index is 5.13. The van der Waals surface area contributed by atoms with Crippen LogP contribution in [0.3, 0.4) is 0 Å². The third-order valence-corrected chi connectivity index (χ3v) is 10.7. The summed E-state index contributed by atoms with van der Waals surface area (Å²) in [4.78, 5) is 24.8. The second-order valence-corrected chi connectivity index (χ2v) is 14.8. The summed E-state index contributed by atoms with van der Waals surface area (Å²) in [6.07, 6.45) is 3.78. The van der Waals surface area contributed by atoms with E-state index in [1.165, 1.54) is 5.56 Å². The number of benzene rings is 7. The molecule has 7 aromatic carbocycles. The highest BCUT2D eigenvalue weighted by atomic mass is 15.0. The number of hydrogen-bond donors (Lipinski definition) is 0. The molecule has 5 nitrogen and oxygen atoms in total. The van der Waals surface area contributed by atoms with Gasteiger partial charge in [-0.25, -0.2) is 19.9 Å². The summed E-state index contributed by atoms with van der Waals surface area (Å²) in [6.45, 7) is 4.47. The average Bonchev–Trinajstić information content (AvgIpc) is 3.28. The molecule has 10 aromatic rings. The largest absolute Gasteiger partial charge is 0.264 e. The summed E-state index contributed by atoms with van der Waals surface area (Å²) in [7, 11) is 0. The molecule has 5 heteroatoms. The number of para-hydroxylation sites is 1. The first-order chi connectivity index (χ1) is 28.0. The van der Waals surface area contributed by atoms with Gasteiger partial charge in [0.1, 0.15) is 0 Å². The highest BCUT2D eigenvalue weighted by molar-refractivity contribution is 6.11. The van der Waals surface area contributed by atoms with Crippen LogP contribution in [0.15, 0.2) is 182 Å². The van der Waals surface area contributed by atoms with Gasteiger partial charge in [0.2, 0.25) is 0 Å². The van der Waals surface area contributed by atoms with Crippen LogP contribution in [0.1, 0.15) is 25.3 Å². The lowest BCUT2D eigenvalue weighted by molar-refractivity contribution is 0.867. The predicted molar refractivity (Wildman–Crippen MR) is 235 cm³/mol. The molecule has 0 spiro atoms. The minimum absolute atomic E-state index is 0.405. The Morgan fingerprint density at radius 1 is 0.368 bits per heavy atom. The Kier molecular flexibility index (Phi) is 8.61. The number of fused-ring (bicyclic) bond motifs is 4. The lowest BCUT2D eigenvalue weighted by Crippen LogP contribution is -2.00. The van der Waals surface area contributed by atoms with Gasteiger partial charge in [0, 0.05) is 45.4 Å². The van der Waals surface area contributed by atoms with Crippen molar-refractivity contribution in [3.8, 4) is 67.7 Å². The van der Waals surface area contributed by atoms with Gasteiger partial charge < -0.3 is 0 Å². The molecule has 3 aromatic heterocycles. The van der Waals surface area contributed by atoms with Gasteiger partial charge in [0.25, 0.3) is 0 Å². The molecular formula is C52H37N5. The Balaban J connectivity index is 1.12. The molecule has 0 amide bonds. The van der Waals surface area contributed by atoms with E-state index in [-0.39, 0.29) is 0 Å². The van der Waals surface area contributed by atoms with Gasteiger partial charge in [-0.1, -0.05) is 141 Å². The van der Waals surface area contributed by atoms with Crippen LogP contribution < -0.4 is 0 Å². The van der Waals surface area contributed by atoms with E-state index in [1.54, 1.807) is 0 Å². The van der Waals surface area contributed by atoms with Gasteiger partial charge >= 0.3 is 0 Å². The molecule has 270 valence electrons. The maximum atomic E-state index is 5.13. The highest BCUT2D eigenvalue weighted by Crippen LogP contribution is 2.37. The van der Waals surface area contributed by atoms with Crippen LogP contribution in [0.25, 0.3) is 100 Å². The van der Waals surface area contributed by atoms with Gasteiger partial charge in [-0.2, -0.15) is 0 Å². The second kappa shape index (κ2) is 14.4. The molecule has 0 aliphatic heterocycles. The molecule has 0 saturated heterocycles. The third kappa shape index (κ3) is 6.59. The van der Waals surface area contributed by atoms with Crippen molar-refractivity contribution in [3.05, 3.63) is 188 Å². The quantitative estimate of drug-likeness (QED) is 0.153. The zero-order chi connectivity index (χ0) is 38.3. The number of rotatable bonds is 7. The first kappa shape index (κ1) is 34.1. The van der Waals surface area contributed by atoms with Crippen LogP contribution in [0.4, 0.5) is 0 Å². The zero-order valence-electron chi connectivity index (χ0n) is 31.6. The minimum atomic E-state index is 0.405. The van der Waals surface area contributed by atoms with Crippen molar-refractivity contribution in [1.82, 2.24) is 24.9 Å². The van der Waals surface area contributed by atoms with Crippen LogP contribution in [0.2, 0.25) is 0 Å². The highest BCUT2D eigenvalue weighted by Gasteiger charge is 2.16. The number of nitrogens with zero attached hydrogens (tertiary/aromatic N) is 5. The summed E-state index contributed by atoms with van der Waals surface area (Å²) >= 11 is 0. The molecule has 0 saturated carbocycles. The minimum Gasteiger partial charge on any atom is -0.264 e. The smallest absolute Gasteiger partial charge is 0.164 e. The average molecular weight is 732 g/mol. The third-order valence-electron chi connectivity index (χ3n) is 10.7. The summed E-state index contributed by atoms with van der Waals surface area (Å²) < 4.78 is 0. The summed E-state index contributed by atoms with van der Waals surface area (Å²) in [6, 6.07) is 59.5. The van der Waals surface area contributed by atoms with Crippen molar-refractivity contribution >= 4 is 32.4 Å². The summed E-state index contributed by atoms with van der Waals surface area (Å²) in [5.74, 6) is 2.31. The van der Waals surface area contributed by atoms with Crippen LogP contribution in [-0.4, -0.2) is 24.9 Å². The van der Waals surface area contributed by atoms with Crippen LogP contribution >= 0.6 is 0 Å². The van der Waals surface area contributed by atoms with Crippen LogP contribution in [0.5, 0.6) is 0 Å². The van der Waals surface area contributed by atoms with E-state index in [0.717, 1.165) is 82.6 Å². The fourth-order valence-electron chi connectivity index (χ4n) is 7.70. The molecule has 0 N–H and O–H groups in total. The van der Waals surface area contributed by atoms with Crippen molar-refractivity contribution < 1.29 is 0 Å². The molecule has 0 fully saturated rings. The Morgan fingerprint density at radius 2 is 0.930 bits per heavy atom. The molecule has 0 atom stereocenters. The van der Waals surface area contributed by atoms with Crippen LogP contribution in [0, 0.1) is 0 Å². The first-order valence-corrected chi connectivity index (χ1v) is 19.3. The van der Waals surface area contributed by atoms with Crippen molar-refractivity contribution in [3.63, 3.8) is 0 Å². The lowest BCUT2D eigenvalue weighted by Gasteiger charge is -2.14. The number of hydrogen-bond acceptors (Lipinski definition) is 5. The molecular weight excluding hydrogens is 695 g/mol. The van der Waals surface area contributed by atoms with Gasteiger partial charge in [0.15, 0.2) is 17.5 Å². The molecule has 3 heterocycles. The maximum Gasteiger partial charge on any atom is 0.164 e. The van der Waals surface area contributed by atoms with E-state index in [9.17, 15) is 0 Å². The Hall–Kier alpha value is -7.37. The lowest BCUT2D eigenvalue weighted by atomic mass is 9.92. The molecule has 0 bridgehead atoms. The van der Waals surface area contributed by atoms with Gasteiger partial charge in [-0.05, 0) is 92.4 Å². The van der Waals surface area contributed by atoms with E-state index in [0.29, 0.717) is 23.4 Å². The Bertz CT molecular complexity index is 3040. The molecule has 0 radical (unpaired) electrons. The normalized spacial score (nSPS) is 11.5. The fourth-order valence-corrected chi connectivity index (χ4v) is 7.70. The van der Waals surface area contributed by atoms with Gasteiger partial charge in [-0.3, -0.25) is 4.98 Å². The van der Waals surface area contributed by atoms with E-state index < -0.39 is 0 Å². The second-order valence-electron chi connectivity index (χ2n) is 14.8. The summed E-state index contributed by atoms with van der Waals surface area (Å²) in [5.41, 5.74) is 11.5. The first-order valence-electron chi connectivity index (χ1n) is 19.3. The van der Waals surface area contributed by atoms with Crippen molar-refractivity contribution in [1.29, 1.82) is 0 Å². The SMILES string of the molecule is CC(C)c1cccc(-c2cc(-c3ccc4cc(-c5nc6ccccc6c6ccncc56)ccc4c3)cc(-c3nc(-c4ccccc4)nc(-c4ccccc4)n3)c2)c1. The molecule has 57 heavy (non-hydrogen) atoms. The van der Waals surface area contributed by atoms with E-state index in [4.69, 9.17) is 19.9 Å². The predicted octanol–water partition coefficient (Wildman–Crippen LogP) is 13.2. The van der Waals surface area contributed by atoms with E-state index >= 15 is 0 Å². The van der Waals surface area contributed by atoms with Crippen molar-refractivity contribution in [2.45, 2.75) is 19.8 Å². The number of pyridine rings is 2. The van der Waals surface area contributed by atoms with Crippen molar-refractivity contribution in [2.75, 3.05) is 0 Å². The molecule has 10 rings (SSSR count). The summed E-state index contributed by atoms with van der Waals surface area (Å²) in [5, 5.41) is 5.61.